The first-order chi connectivity index (χ1) is 9.40. The van der Waals surface area contributed by atoms with Gasteiger partial charge in [-0.15, -0.1) is 0 Å². The van der Waals surface area contributed by atoms with Crippen molar-refractivity contribution < 1.29 is 14.7 Å². The van der Waals surface area contributed by atoms with Gasteiger partial charge < -0.3 is 10.4 Å². The molecular weight excluding hydrogens is 371 g/mol. The number of rotatable bonds is 7. The van der Waals surface area contributed by atoms with E-state index in [2.05, 4.69) is 27.9 Å². The molecule has 0 aliphatic carbocycles. The van der Waals surface area contributed by atoms with Crippen molar-refractivity contribution in [3.63, 3.8) is 0 Å². The highest BCUT2D eigenvalue weighted by atomic mass is 127. The highest BCUT2D eigenvalue weighted by Crippen LogP contribution is 2.12. The second kappa shape index (κ2) is 8.21. The van der Waals surface area contributed by atoms with Gasteiger partial charge in [0, 0.05) is 30.1 Å². The predicted octanol–water partition coefficient (Wildman–Crippen LogP) is 1.70. The predicted molar refractivity (Wildman–Crippen MR) is 85.4 cm³/mol. The number of hydrogen-bond acceptors (Lipinski definition) is 3. The molecule has 0 bridgehead atoms. The Kier molecular flexibility index (Phi) is 6.94. The first-order valence-corrected chi connectivity index (χ1v) is 7.43. The Balaban J connectivity index is 2.71. The zero-order valence-electron chi connectivity index (χ0n) is 11.6. The van der Waals surface area contributed by atoms with E-state index in [1.807, 2.05) is 29.2 Å². The maximum absolute atomic E-state index is 11.2. The molecule has 20 heavy (non-hydrogen) atoms. The molecule has 0 fully saturated rings. The number of benzene rings is 1. The van der Waals surface area contributed by atoms with Gasteiger partial charge in [-0.05, 0) is 47.2 Å². The van der Waals surface area contributed by atoms with Crippen molar-refractivity contribution >= 4 is 34.5 Å². The van der Waals surface area contributed by atoms with E-state index in [0.29, 0.717) is 19.6 Å². The lowest BCUT2D eigenvalue weighted by molar-refractivity contribution is -0.142. The number of aliphatic carboxylic acids is 1. The average Bonchev–Trinajstić information content (AvgIpc) is 2.36. The molecule has 0 spiro atoms. The molecule has 0 saturated carbocycles. The molecule has 2 N–H and O–H groups in total. The number of nitrogens with zero attached hydrogens (tertiary/aromatic N) is 1. The molecular formula is C14H19IN2O3. The number of nitrogens with one attached hydrogen (secondary N) is 1. The largest absolute Gasteiger partial charge is 0.480 e. The van der Waals surface area contributed by atoms with Crippen molar-refractivity contribution in [2.75, 3.05) is 13.1 Å². The van der Waals surface area contributed by atoms with Crippen molar-refractivity contribution in [2.45, 2.75) is 26.4 Å². The summed E-state index contributed by atoms with van der Waals surface area (Å²) in [6.45, 7) is 4.59. The van der Waals surface area contributed by atoms with Crippen LogP contribution in [0, 0.1) is 3.57 Å². The molecule has 5 nitrogen and oxygen atoms in total. The molecule has 1 rings (SSSR count). The van der Waals surface area contributed by atoms with Gasteiger partial charge in [0.1, 0.15) is 6.04 Å². The van der Waals surface area contributed by atoms with Gasteiger partial charge >= 0.3 is 5.97 Å². The number of carboxylic acids is 1. The van der Waals surface area contributed by atoms with E-state index in [4.69, 9.17) is 5.11 Å². The highest BCUT2D eigenvalue weighted by molar-refractivity contribution is 14.1. The van der Waals surface area contributed by atoms with Gasteiger partial charge in [0.15, 0.2) is 0 Å². The van der Waals surface area contributed by atoms with E-state index >= 15 is 0 Å². The maximum atomic E-state index is 11.2. The maximum Gasteiger partial charge on any atom is 0.320 e. The lowest BCUT2D eigenvalue weighted by Gasteiger charge is -2.26. The molecule has 0 saturated heterocycles. The third kappa shape index (κ3) is 5.87. The number of amides is 1. The van der Waals surface area contributed by atoms with Crippen LogP contribution in [0.1, 0.15) is 19.4 Å². The van der Waals surface area contributed by atoms with E-state index < -0.39 is 12.0 Å². The van der Waals surface area contributed by atoms with Crippen LogP contribution in [-0.2, 0) is 16.1 Å². The quantitative estimate of drug-likeness (QED) is 0.696. The zero-order valence-corrected chi connectivity index (χ0v) is 13.8. The van der Waals surface area contributed by atoms with Crippen LogP contribution in [-0.4, -0.2) is 41.0 Å². The van der Waals surface area contributed by atoms with Crippen molar-refractivity contribution in [3.8, 4) is 0 Å². The summed E-state index contributed by atoms with van der Waals surface area (Å²) in [5.41, 5.74) is 1.06. The Bertz CT molecular complexity index is 479. The van der Waals surface area contributed by atoms with Crippen LogP contribution in [0.2, 0.25) is 0 Å². The molecule has 0 radical (unpaired) electrons. The molecule has 0 aliphatic rings. The lowest BCUT2D eigenvalue weighted by Crippen LogP contribution is -2.42. The minimum Gasteiger partial charge on any atom is -0.480 e. The van der Waals surface area contributed by atoms with E-state index in [1.165, 1.54) is 6.92 Å². The third-order valence-corrected chi connectivity index (χ3v) is 3.62. The minimum atomic E-state index is -0.863. The van der Waals surface area contributed by atoms with Crippen LogP contribution in [0.4, 0.5) is 0 Å². The Hall–Kier alpha value is -1.15. The van der Waals surface area contributed by atoms with E-state index in [1.54, 1.807) is 6.92 Å². The normalized spacial score (nSPS) is 12.2. The van der Waals surface area contributed by atoms with Gasteiger partial charge in [0.05, 0.1) is 0 Å². The Labute approximate surface area is 132 Å². The molecule has 0 aromatic heterocycles. The second-order valence-corrected chi connectivity index (χ2v) is 5.84. The van der Waals surface area contributed by atoms with Crippen molar-refractivity contribution in [3.05, 3.63) is 33.4 Å². The summed E-state index contributed by atoms with van der Waals surface area (Å²) in [5.74, 6) is -0.972. The van der Waals surface area contributed by atoms with Gasteiger partial charge in [0.2, 0.25) is 5.91 Å². The Morgan fingerprint density at radius 1 is 1.45 bits per heavy atom. The van der Waals surface area contributed by atoms with Crippen LogP contribution in [0.3, 0.4) is 0 Å². The number of halogens is 1. The summed E-state index contributed by atoms with van der Waals surface area (Å²) in [6, 6.07) is 7.35. The highest BCUT2D eigenvalue weighted by Gasteiger charge is 2.20. The monoisotopic (exact) mass is 390 g/mol. The molecule has 1 aromatic rings. The Morgan fingerprint density at radius 3 is 2.70 bits per heavy atom. The average molecular weight is 390 g/mol. The molecule has 1 amide bonds. The van der Waals surface area contributed by atoms with Crippen LogP contribution in [0.25, 0.3) is 0 Å². The van der Waals surface area contributed by atoms with Gasteiger partial charge in [-0.2, -0.15) is 0 Å². The molecule has 1 atom stereocenters. The number of carbonyl (C=O) groups excluding carboxylic acids is 1. The first kappa shape index (κ1) is 16.9. The van der Waals surface area contributed by atoms with Crippen LogP contribution < -0.4 is 5.32 Å². The van der Waals surface area contributed by atoms with Gasteiger partial charge in [-0.3, -0.25) is 14.5 Å². The van der Waals surface area contributed by atoms with Gasteiger partial charge in [-0.1, -0.05) is 12.1 Å². The fourth-order valence-corrected chi connectivity index (χ4v) is 2.42. The summed E-state index contributed by atoms with van der Waals surface area (Å²) in [7, 11) is 0. The summed E-state index contributed by atoms with van der Waals surface area (Å²) in [4.78, 5) is 23.9. The lowest BCUT2D eigenvalue weighted by atomic mass is 10.2. The summed E-state index contributed by atoms with van der Waals surface area (Å²) >= 11 is 2.23. The van der Waals surface area contributed by atoms with Crippen LogP contribution in [0.15, 0.2) is 24.3 Å². The van der Waals surface area contributed by atoms with E-state index in [-0.39, 0.29) is 5.91 Å². The zero-order chi connectivity index (χ0) is 15.1. The van der Waals surface area contributed by atoms with E-state index in [9.17, 15) is 9.59 Å². The van der Waals surface area contributed by atoms with Gasteiger partial charge in [-0.25, -0.2) is 0 Å². The van der Waals surface area contributed by atoms with Crippen molar-refractivity contribution in [1.29, 1.82) is 0 Å². The number of carboxylic acid groups (broad SMARTS) is 1. The number of carbonyl (C=O) groups is 2. The fourth-order valence-electron chi connectivity index (χ4n) is 1.81. The molecule has 0 aliphatic heterocycles. The SMILES string of the molecule is CC(=O)NCCN(Cc1cccc(I)c1)C(C)C(=O)O. The van der Waals surface area contributed by atoms with Crippen LogP contribution in [0.5, 0.6) is 0 Å². The first-order valence-electron chi connectivity index (χ1n) is 6.36. The minimum absolute atomic E-state index is 0.109. The molecule has 110 valence electrons. The van der Waals surface area contributed by atoms with Crippen molar-refractivity contribution in [2.24, 2.45) is 0 Å². The molecule has 1 aromatic carbocycles. The molecule has 0 heterocycles. The Morgan fingerprint density at radius 2 is 2.15 bits per heavy atom. The van der Waals surface area contributed by atoms with Crippen LogP contribution >= 0.6 is 22.6 Å². The van der Waals surface area contributed by atoms with Gasteiger partial charge in [0.25, 0.3) is 0 Å². The topological polar surface area (TPSA) is 69.6 Å². The summed E-state index contributed by atoms with van der Waals surface area (Å²) < 4.78 is 1.12. The summed E-state index contributed by atoms with van der Waals surface area (Å²) in [5, 5.41) is 11.9. The van der Waals surface area contributed by atoms with E-state index in [0.717, 1.165) is 9.13 Å². The molecule has 6 heteroatoms. The fraction of sp³-hybridized carbons (Fsp3) is 0.429. The second-order valence-electron chi connectivity index (χ2n) is 4.60. The summed E-state index contributed by atoms with van der Waals surface area (Å²) in [6.07, 6.45) is 0. The smallest absolute Gasteiger partial charge is 0.320 e. The molecule has 1 unspecified atom stereocenters. The number of hydrogen-bond donors (Lipinski definition) is 2. The standard InChI is InChI=1S/C14H19IN2O3/c1-10(14(19)20)17(7-6-16-11(2)18)9-12-4-3-5-13(15)8-12/h3-5,8,10H,6-7,9H2,1-2H3,(H,16,18)(H,19,20). The third-order valence-electron chi connectivity index (χ3n) is 2.95. The van der Waals surface area contributed by atoms with Crippen molar-refractivity contribution in [1.82, 2.24) is 10.2 Å².